The molecule has 172 valence electrons. The Labute approximate surface area is 199 Å². The van der Waals surface area contributed by atoms with Crippen LogP contribution in [0.15, 0.2) is 65.2 Å². The summed E-state index contributed by atoms with van der Waals surface area (Å²) in [5.74, 6) is 4.22. The summed E-state index contributed by atoms with van der Waals surface area (Å²) in [4.78, 5) is 19.0. The highest BCUT2D eigenvalue weighted by atomic mass is 35.5. The molecular formula is C26H28ClFN4O. The summed E-state index contributed by atoms with van der Waals surface area (Å²) in [6.45, 7) is 12.3. The molecule has 7 heteroatoms. The van der Waals surface area contributed by atoms with Crippen LogP contribution < -0.4 is 0 Å². The molecule has 1 atom stereocenters. The molecule has 0 amide bonds. The van der Waals surface area contributed by atoms with E-state index in [0.717, 1.165) is 31.1 Å². The first-order chi connectivity index (χ1) is 15.7. The molecule has 3 rings (SSSR count). The average Bonchev–Trinajstić information content (AvgIpc) is 3.39. The molecule has 1 fully saturated rings. The average molecular weight is 467 g/mol. The van der Waals surface area contributed by atoms with Gasteiger partial charge in [-0.3, -0.25) is 19.4 Å². The Morgan fingerprint density at radius 1 is 1.36 bits per heavy atom. The molecule has 33 heavy (non-hydrogen) atoms. The van der Waals surface area contributed by atoms with Crippen molar-refractivity contribution in [2.24, 2.45) is 10.9 Å². The van der Waals surface area contributed by atoms with E-state index < -0.39 is 11.6 Å². The summed E-state index contributed by atoms with van der Waals surface area (Å²) < 4.78 is 16.5. The van der Waals surface area contributed by atoms with Gasteiger partial charge < -0.3 is 0 Å². The molecular weight excluding hydrogens is 439 g/mol. The van der Waals surface area contributed by atoms with Crippen molar-refractivity contribution in [2.45, 2.75) is 39.3 Å². The topological polar surface area (TPSA) is 50.5 Å². The molecule has 1 aromatic heterocycles. The lowest BCUT2D eigenvalue weighted by molar-refractivity contribution is 0.0992. The third kappa shape index (κ3) is 6.50. The summed E-state index contributed by atoms with van der Waals surface area (Å²) in [7, 11) is 0. The van der Waals surface area contributed by atoms with Crippen LogP contribution in [-0.4, -0.2) is 45.8 Å². The van der Waals surface area contributed by atoms with Crippen molar-refractivity contribution < 1.29 is 9.18 Å². The van der Waals surface area contributed by atoms with Crippen LogP contribution in [0.5, 0.6) is 0 Å². The van der Waals surface area contributed by atoms with Crippen LogP contribution >= 0.6 is 11.6 Å². The first kappa shape index (κ1) is 24.6. The van der Waals surface area contributed by atoms with E-state index in [4.69, 9.17) is 11.6 Å². The summed E-state index contributed by atoms with van der Waals surface area (Å²) in [6, 6.07) is 9.25. The zero-order chi connectivity index (χ0) is 24.0. The number of carbonyl (C=O) groups is 1. The predicted octanol–water partition coefficient (Wildman–Crippen LogP) is 5.33. The molecule has 0 bridgehead atoms. The Kier molecular flexibility index (Phi) is 8.01. The van der Waals surface area contributed by atoms with E-state index in [9.17, 15) is 9.18 Å². The van der Waals surface area contributed by atoms with Gasteiger partial charge in [-0.1, -0.05) is 41.6 Å². The Hall–Kier alpha value is -3.01. The number of likely N-dealkylation sites (tertiary alicyclic amines) is 1. The van der Waals surface area contributed by atoms with Crippen LogP contribution in [0.3, 0.4) is 0 Å². The lowest BCUT2D eigenvalue weighted by Crippen LogP contribution is -2.39. The first-order valence-electron chi connectivity index (χ1n) is 10.8. The van der Waals surface area contributed by atoms with Gasteiger partial charge in [0.15, 0.2) is 5.83 Å². The third-order valence-corrected chi connectivity index (χ3v) is 5.81. The van der Waals surface area contributed by atoms with Crippen LogP contribution in [0.25, 0.3) is 0 Å². The zero-order valence-electron chi connectivity index (χ0n) is 19.2. The molecule has 0 radical (unpaired) electrons. The number of ketones is 1. The second-order valence-electron chi connectivity index (χ2n) is 9.00. The number of carbonyl (C=O) groups excluding carboxylic acids is 1. The maximum atomic E-state index is 15.0. The van der Waals surface area contributed by atoms with Crippen LogP contribution in [0.2, 0.25) is 5.02 Å². The smallest absolute Gasteiger partial charge is 0.240 e. The summed E-state index contributed by atoms with van der Waals surface area (Å²) in [5.41, 5.74) is 1.10. The lowest BCUT2D eigenvalue weighted by atomic mass is 10.1. The maximum absolute atomic E-state index is 15.0. The minimum atomic E-state index is -0.987. The quantitative estimate of drug-likeness (QED) is 0.190. The maximum Gasteiger partial charge on any atom is 0.240 e. The van der Waals surface area contributed by atoms with Crippen molar-refractivity contribution in [2.75, 3.05) is 13.1 Å². The van der Waals surface area contributed by atoms with Crippen LogP contribution in [0, 0.1) is 17.8 Å². The highest BCUT2D eigenvalue weighted by Gasteiger charge is 2.31. The van der Waals surface area contributed by atoms with E-state index >= 15 is 0 Å². The van der Waals surface area contributed by atoms with Crippen molar-refractivity contribution in [3.63, 3.8) is 0 Å². The molecule has 5 nitrogen and oxygen atoms in total. The van der Waals surface area contributed by atoms with Crippen molar-refractivity contribution >= 4 is 24.1 Å². The SMILES string of the molecule is C=N/C=C(C#Cc1ccccc1)\C=C(\F)C(=O)c1c(Cl)cnn1CC1CCN(C(C)(C)C)C1. The molecule has 1 unspecified atom stereocenters. The minimum absolute atomic E-state index is 0.0431. The van der Waals surface area contributed by atoms with Gasteiger partial charge in [0.2, 0.25) is 5.78 Å². The van der Waals surface area contributed by atoms with Crippen molar-refractivity contribution in [1.29, 1.82) is 0 Å². The van der Waals surface area contributed by atoms with Gasteiger partial charge in [-0.25, -0.2) is 4.39 Å². The van der Waals surface area contributed by atoms with Gasteiger partial charge in [-0.2, -0.15) is 5.10 Å². The zero-order valence-corrected chi connectivity index (χ0v) is 19.9. The molecule has 0 aliphatic carbocycles. The first-order valence-corrected chi connectivity index (χ1v) is 11.2. The minimum Gasteiger partial charge on any atom is -0.298 e. The van der Waals surface area contributed by atoms with Crippen molar-refractivity contribution in [3.8, 4) is 11.8 Å². The van der Waals surface area contributed by atoms with E-state index in [1.807, 2.05) is 30.3 Å². The molecule has 0 saturated carbocycles. The summed E-state index contributed by atoms with van der Waals surface area (Å²) in [5, 5.41) is 4.36. The fraction of sp³-hybridized carbons (Fsp3) is 0.346. The number of hydrogen-bond acceptors (Lipinski definition) is 4. The number of hydrogen-bond donors (Lipinski definition) is 0. The number of Topliss-reactive ketones (excluding diaryl/α,β-unsaturated/α-hetero) is 1. The van der Waals surface area contributed by atoms with Gasteiger partial charge in [0.05, 0.1) is 11.2 Å². The normalized spacial score (nSPS) is 17.5. The fourth-order valence-electron chi connectivity index (χ4n) is 3.75. The number of nitrogens with zero attached hydrogens (tertiary/aromatic N) is 4. The molecule has 2 aromatic rings. The Bertz CT molecular complexity index is 1130. The van der Waals surface area contributed by atoms with Crippen molar-refractivity contribution in [3.05, 3.63) is 76.5 Å². The second-order valence-corrected chi connectivity index (χ2v) is 9.41. The molecule has 0 N–H and O–H groups in total. The highest BCUT2D eigenvalue weighted by Crippen LogP contribution is 2.27. The molecule has 1 aliphatic rings. The third-order valence-electron chi connectivity index (χ3n) is 5.53. The van der Waals surface area contributed by atoms with E-state index in [1.165, 1.54) is 17.1 Å². The molecule has 2 heterocycles. The Morgan fingerprint density at radius 3 is 2.73 bits per heavy atom. The van der Waals surface area contributed by atoms with E-state index in [1.54, 1.807) is 0 Å². The largest absolute Gasteiger partial charge is 0.298 e. The second kappa shape index (κ2) is 10.7. The molecule has 1 aliphatic heterocycles. The van der Waals surface area contributed by atoms with Gasteiger partial charge in [0, 0.05) is 36.0 Å². The fourth-order valence-corrected chi connectivity index (χ4v) is 3.97. The number of aromatic nitrogens is 2. The number of halogens is 2. The molecule has 0 spiro atoms. The van der Waals surface area contributed by atoms with Gasteiger partial charge in [0.1, 0.15) is 5.69 Å². The Balaban J connectivity index is 1.79. The standard InChI is InChI=1S/C26H28ClFN4O/c1-26(2,3)31-13-12-21(17-31)18-32-24(22(27)16-30-32)25(33)23(28)14-20(15-29-4)11-10-19-8-6-5-7-9-19/h5-9,14-16,21H,4,12-13,17-18H2,1-3H3/b20-15-,23-14+. The number of allylic oxidation sites excluding steroid dienone is 3. The van der Waals surface area contributed by atoms with Gasteiger partial charge >= 0.3 is 0 Å². The number of rotatable bonds is 6. The van der Waals surface area contributed by atoms with Gasteiger partial charge in [0.25, 0.3) is 0 Å². The summed E-state index contributed by atoms with van der Waals surface area (Å²) >= 11 is 6.23. The highest BCUT2D eigenvalue weighted by molar-refractivity contribution is 6.34. The predicted molar refractivity (Wildman–Crippen MR) is 131 cm³/mol. The van der Waals surface area contributed by atoms with Gasteiger partial charge in [-0.15, -0.1) is 0 Å². The van der Waals surface area contributed by atoms with Gasteiger partial charge in [-0.05, 0) is 64.6 Å². The summed E-state index contributed by atoms with van der Waals surface area (Å²) in [6.07, 6.45) is 4.72. The van der Waals surface area contributed by atoms with Crippen LogP contribution in [0.1, 0.15) is 43.2 Å². The molecule has 1 saturated heterocycles. The monoisotopic (exact) mass is 466 g/mol. The molecule has 1 aromatic carbocycles. The lowest BCUT2D eigenvalue weighted by Gasteiger charge is -2.31. The number of benzene rings is 1. The Morgan fingerprint density at radius 2 is 2.09 bits per heavy atom. The van der Waals surface area contributed by atoms with Crippen LogP contribution in [0.4, 0.5) is 4.39 Å². The van der Waals surface area contributed by atoms with E-state index in [-0.39, 0.29) is 21.8 Å². The van der Waals surface area contributed by atoms with Crippen LogP contribution in [-0.2, 0) is 6.54 Å². The van der Waals surface area contributed by atoms with E-state index in [0.29, 0.717) is 12.5 Å². The number of aliphatic imine (C=N–C) groups is 1. The van der Waals surface area contributed by atoms with Crippen molar-refractivity contribution in [1.82, 2.24) is 14.7 Å². The van der Waals surface area contributed by atoms with E-state index in [2.05, 4.69) is 54.3 Å².